The van der Waals surface area contributed by atoms with E-state index in [4.69, 9.17) is 16.3 Å². The van der Waals surface area contributed by atoms with Crippen molar-refractivity contribution in [2.75, 3.05) is 28.0 Å². The Bertz CT molecular complexity index is 1780. The minimum atomic E-state index is -4.17. The molecule has 4 aromatic rings. The molecule has 0 aliphatic carbocycles. The van der Waals surface area contributed by atoms with Crippen molar-refractivity contribution in [2.24, 2.45) is 0 Å². The zero-order valence-electron chi connectivity index (χ0n) is 22.5. The van der Waals surface area contributed by atoms with Crippen molar-refractivity contribution < 1.29 is 26.4 Å². The van der Waals surface area contributed by atoms with E-state index in [1.54, 1.807) is 18.2 Å². The van der Waals surface area contributed by atoms with Crippen molar-refractivity contribution in [1.29, 1.82) is 0 Å². The van der Waals surface area contributed by atoms with Gasteiger partial charge in [-0.15, -0.1) is 0 Å². The van der Waals surface area contributed by atoms with Crippen LogP contribution in [0.4, 0.5) is 17.1 Å². The molecular weight excluding hydrogens is 586 g/mol. The van der Waals surface area contributed by atoms with E-state index in [9.17, 15) is 21.6 Å². The first-order chi connectivity index (χ1) is 19.4. The summed E-state index contributed by atoms with van der Waals surface area (Å²) in [7, 11) is -6.59. The molecule has 2 N–H and O–H groups in total. The number of hydrogen-bond donors (Lipinski definition) is 2. The third-order valence-electron chi connectivity index (χ3n) is 6.11. The lowest BCUT2D eigenvalue weighted by molar-refractivity contribution is -0.114. The average molecular weight is 614 g/mol. The molecule has 4 aromatic carbocycles. The van der Waals surface area contributed by atoms with Crippen molar-refractivity contribution in [2.45, 2.75) is 23.6 Å². The van der Waals surface area contributed by atoms with Gasteiger partial charge in [0.05, 0.1) is 28.3 Å². The van der Waals surface area contributed by atoms with Crippen LogP contribution in [0, 0.1) is 13.8 Å². The zero-order chi connectivity index (χ0) is 29.8. The number of sulfonamides is 2. The van der Waals surface area contributed by atoms with Crippen LogP contribution in [0.15, 0.2) is 101 Å². The third-order valence-corrected chi connectivity index (χ3v) is 9.51. The fourth-order valence-corrected chi connectivity index (χ4v) is 6.73. The van der Waals surface area contributed by atoms with Gasteiger partial charge in [-0.1, -0.05) is 35.4 Å². The predicted molar refractivity (Wildman–Crippen MR) is 161 cm³/mol. The van der Waals surface area contributed by atoms with E-state index >= 15 is 0 Å². The first kappa shape index (κ1) is 29.9. The summed E-state index contributed by atoms with van der Waals surface area (Å²) in [6.45, 7) is 3.16. The minimum Gasteiger partial charge on any atom is -0.497 e. The second kappa shape index (κ2) is 12.2. The summed E-state index contributed by atoms with van der Waals surface area (Å²) in [5.41, 5.74) is 2.74. The Kier molecular flexibility index (Phi) is 8.91. The number of nitrogens with zero attached hydrogens (tertiary/aromatic N) is 1. The van der Waals surface area contributed by atoms with Gasteiger partial charge in [0.15, 0.2) is 0 Å². The molecule has 0 aliphatic heterocycles. The molecule has 0 aromatic heterocycles. The van der Waals surface area contributed by atoms with Crippen molar-refractivity contribution in [3.8, 4) is 5.75 Å². The normalized spacial score (nSPS) is 11.5. The summed E-state index contributed by atoms with van der Waals surface area (Å²) in [6, 6.07) is 22.9. The van der Waals surface area contributed by atoms with Crippen LogP contribution in [0.25, 0.3) is 0 Å². The highest BCUT2D eigenvalue weighted by Gasteiger charge is 2.28. The number of rotatable bonds is 10. The fraction of sp³-hybridized carbons (Fsp3) is 0.138. The molecular formula is C29H28ClN3O6S2. The topological polar surface area (TPSA) is 122 Å². The molecule has 41 heavy (non-hydrogen) atoms. The zero-order valence-corrected chi connectivity index (χ0v) is 24.8. The van der Waals surface area contributed by atoms with Crippen molar-refractivity contribution >= 4 is 54.6 Å². The van der Waals surface area contributed by atoms with E-state index in [1.807, 2.05) is 26.0 Å². The predicted octanol–water partition coefficient (Wildman–Crippen LogP) is 5.60. The Hall–Kier alpha value is -4.06. The highest BCUT2D eigenvalue weighted by Crippen LogP contribution is 2.28. The van der Waals surface area contributed by atoms with Gasteiger partial charge in [0.25, 0.3) is 20.0 Å². The lowest BCUT2D eigenvalue weighted by atomic mass is 10.1. The number of carbonyl (C=O) groups excluding carboxylic acids is 1. The molecule has 0 radical (unpaired) electrons. The summed E-state index contributed by atoms with van der Waals surface area (Å²) in [5.74, 6) is -0.170. The van der Waals surface area contributed by atoms with Gasteiger partial charge < -0.3 is 10.1 Å². The molecule has 214 valence electrons. The molecule has 4 rings (SSSR count). The number of amides is 1. The van der Waals surface area contributed by atoms with Crippen LogP contribution in [0.2, 0.25) is 5.02 Å². The van der Waals surface area contributed by atoms with E-state index in [1.165, 1.54) is 67.8 Å². The van der Waals surface area contributed by atoms with Crippen LogP contribution in [-0.4, -0.2) is 36.4 Å². The van der Waals surface area contributed by atoms with Crippen LogP contribution >= 0.6 is 11.6 Å². The van der Waals surface area contributed by atoms with Gasteiger partial charge in [-0.3, -0.25) is 13.8 Å². The molecule has 0 spiro atoms. The van der Waals surface area contributed by atoms with Crippen LogP contribution < -0.4 is 19.1 Å². The molecule has 0 bridgehead atoms. The Morgan fingerprint density at radius 1 is 0.854 bits per heavy atom. The Morgan fingerprint density at radius 3 is 2.12 bits per heavy atom. The molecule has 0 heterocycles. The molecule has 0 fully saturated rings. The SMILES string of the molecule is COc1ccc(S(=O)(=O)N(CC(=O)Nc2ccc(S(=O)(=O)Nc3ccc(C)cc3C)cc2)c2cccc(Cl)c2)cc1. The van der Waals surface area contributed by atoms with Crippen molar-refractivity contribution in [3.05, 3.63) is 107 Å². The summed E-state index contributed by atoms with van der Waals surface area (Å²) in [6.07, 6.45) is 0. The molecule has 0 unspecified atom stereocenters. The van der Waals surface area contributed by atoms with Crippen molar-refractivity contribution in [1.82, 2.24) is 0 Å². The Balaban J connectivity index is 1.53. The summed E-state index contributed by atoms with van der Waals surface area (Å²) >= 11 is 6.12. The number of carbonyl (C=O) groups is 1. The largest absolute Gasteiger partial charge is 0.497 e. The maximum atomic E-state index is 13.6. The second-order valence-corrected chi connectivity index (χ2v) is 13.1. The Morgan fingerprint density at radius 2 is 1.51 bits per heavy atom. The van der Waals surface area contributed by atoms with Gasteiger partial charge in [0, 0.05) is 10.7 Å². The van der Waals surface area contributed by atoms with E-state index < -0.39 is 32.5 Å². The molecule has 0 saturated heterocycles. The summed E-state index contributed by atoms with van der Waals surface area (Å²) in [5, 5.41) is 2.92. The third kappa shape index (κ3) is 7.18. The number of methoxy groups -OCH3 is 1. The summed E-state index contributed by atoms with van der Waals surface area (Å²) in [4.78, 5) is 13.0. The van der Waals surface area contributed by atoms with Gasteiger partial charge >= 0.3 is 0 Å². The van der Waals surface area contributed by atoms with Crippen LogP contribution in [0.5, 0.6) is 5.75 Å². The van der Waals surface area contributed by atoms with E-state index in [0.29, 0.717) is 16.5 Å². The maximum Gasteiger partial charge on any atom is 0.264 e. The molecule has 12 heteroatoms. The number of benzene rings is 4. The van der Waals surface area contributed by atoms with E-state index in [0.717, 1.165) is 15.4 Å². The second-order valence-electron chi connectivity index (χ2n) is 9.16. The molecule has 0 aliphatic rings. The number of halogens is 1. The number of aryl methyl sites for hydroxylation is 2. The van der Waals surface area contributed by atoms with Gasteiger partial charge in [0.2, 0.25) is 5.91 Å². The van der Waals surface area contributed by atoms with Gasteiger partial charge in [-0.2, -0.15) is 0 Å². The lowest BCUT2D eigenvalue weighted by Gasteiger charge is -2.24. The van der Waals surface area contributed by atoms with Gasteiger partial charge in [0.1, 0.15) is 12.3 Å². The average Bonchev–Trinajstić information content (AvgIpc) is 2.93. The van der Waals surface area contributed by atoms with Gasteiger partial charge in [-0.25, -0.2) is 16.8 Å². The number of anilines is 3. The molecule has 0 atom stereocenters. The standard InChI is InChI=1S/C29H28ClN3O6S2/c1-20-7-16-28(21(2)17-20)32-40(35,36)26-12-8-23(9-13-26)31-29(34)19-33(24-6-4-5-22(30)18-24)41(37,38)27-14-10-25(39-3)11-15-27/h4-18,32H,19H2,1-3H3,(H,31,34). The minimum absolute atomic E-state index is 0.00175. The summed E-state index contributed by atoms with van der Waals surface area (Å²) < 4.78 is 61.6. The quantitative estimate of drug-likeness (QED) is 0.240. The highest BCUT2D eigenvalue weighted by molar-refractivity contribution is 7.93. The van der Waals surface area contributed by atoms with E-state index in [2.05, 4.69) is 10.0 Å². The number of hydrogen-bond acceptors (Lipinski definition) is 6. The molecule has 0 saturated carbocycles. The van der Waals surface area contributed by atoms with Crippen molar-refractivity contribution in [3.63, 3.8) is 0 Å². The Labute approximate surface area is 244 Å². The van der Waals surface area contributed by atoms with Crippen LogP contribution in [0.3, 0.4) is 0 Å². The molecule has 1 amide bonds. The smallest absolute Gasteiger partial charge is 0.264 e. The molecule has 9 nitrogen and oxygen atoms in total. The van der Waals surface area contributed by atoms with Gasteiger partial charge in [-0.05, 0) is 92.2 Å². The highest BCUT2D eigenvalue weighted by atomic mass is 35.5. The van der Waals surface area contributed by atoms with E-state index in [-0.39, 0.29) is 21.2 Å². The lowest BCUT2D eigenvalue weighted by Crippen LogP contribution is -2.38. The van der Waals surface area contributed by atoms with Crippen LogP contribution in [0.1, 0.15) is 11.1 Å². The monoisotopic (exact) mass is 613 g/mol. The number of ether oxygens (including phenoxy) is 1. The number of nitrogens with one attached hydrogen (secondary N) is 2. The first-order valence-electron chi connectivity index (χ1n) is 12.3. The maximum absolute atomic E-state index is 13.6. The fourth-order valence-electron chi connectivity index (χ4n) is 4.00. The van der Waals surface area contributed by atoms with Crippen LogP contribution in [-0.2, 0) is 24.8 Å². The first-order valence-corrected chi connectivity index (χ1v) is 15.6.